The molecule has 1 N–H and O–H groups in total. The predicted molar refractivity (Wildman–Crippen MR) is 129 cm³/mol. The van der Waals surface area contributed by atoms with Crippen molar-refractivity contribution in [1.82, 2.24) is 4.90 Å². The lowest BCUT2D eigenvalue weighted by Gasteiger charge is -2.13. The van der Waals surface area contributed by atoms with Gasteiger partial charge in [-0.2, -0.15) is 0 Å². The molecule has 0 aliphatic carbocycles. The van der Waals surface area contributed by atoms with E-state index in [1.54, 1.807) is 60.4 Å². The van der Waals surface area contributed by atoms with Crippen LogP contribution in [0.4, 0.5) is 11.4 Å². The molecule has 0 saturated carbocycles. The van der Waals surface area contributed by atoms with Crippen molar-refractivity contribution in [3.8, 4) is 5.75 Å². The fraction of sp³-hybridized carbons (Fsp3) is 0.333. The second-order valence-electron chi connectivity index (χ2n) is 7.06. The van der Waals surface area contributed by atoms with Gasteiger partial charge in [0.1, 0.15) is 11.0 Å². The number of anilines is 1. The van der Waals surface area contributed by atoms with E-state index in [4.69, 9.17) is 9.47 Å². The summed E-state index contributed by atoms with van der Waals surface area (Å²) in [5.74, 6) is -0.0602. The maximum atomic E-state index is 12.8. The Balaban J connectivity index is 1.65. The van der Waals surface area contributed by atoms with Crippen LogP contribution in [0.2, 0.25) is 0 Å². The van der Waals surface area contributed by atoms with E-state index in [-0.39, 0.29) is 18.2 Å². The maximum Gasteiger partial charge on any atom is 0.338 e. The van der Waals surface area contributed by atoms with Crippen LogP contribution in [-0.4, -0.2) is 52.9 Å². The van der Waals surface area contributed by atoms with Crippen molar-refractivity contribution in [2.45, 2.75) is 32.4 Å². The van der Waals surface area contributed by atoms with Crippen molar-refractivity contribution >= 4 is 46.1 Å². The highest BCUT2D eigenvalue weighted by Crippen LogP contribution is 2.32. The summed E-state index contributed by atoms with van der Waals surface area (Å²) >= 11 is 1.27. The molecule has 1 atom stereocenters. The Morgan fingerprint density at radius 1 is 1.03 bits per heavy atom. The highest BCUT2D eigenvalue weighted by molar-refractivity contribution is 8.15. The highest BCUT2D eigenvalue weighted by atomic mass is 32.2. The van der Waals surface area contributed by atoms with Gasteiger partial charge >= 0.3 is 5.97 Å². The van der Waals surface area contributed by atoms with Gasteiger partial charge in [-0.3, -0.25) is 14.5 Å². The van der Waals surface area contributed by atoms with E-state index in [2.05, 4.69) is 10.3 Å². The Hall–Kier alpha value is -3.33. The molecule has 1 heterocycles. The van der Waals surface area contributed by atoms with Crippen molar-refractivity contribution in [2.75, 3.05) is 25.1 Å². The molecule has 2 amide bonds. The van der Waals surface area contributed by atoms with E-state index in [0.717, 1.165) is 5.75 Å². The van der Waals surface area contributed by atoms with Crippen LogP contribution in [0.15, 0.2) is 53.5 Å². The van der Waals surface area contributed by atoms with Crippen LogP contribution in [0.5, 0.6) is 5.75 Å². The molecule has 0 bridgehead atoms. The molecule has 0 unspecified atom stereocenters. The third-order valence-electron chi connectivity index (χ3n) is 4.76. The molecule has 3 rings (SSSR count). The minimum atomic E-state index is -0.551. The average molecular weight is 470 g/mol. The molecule has 0 aromatic heterocycles. The summed E-state index contributed by atoms with van der Waals surface area (Å²) in [6.07, 6.45) is 0.0357. The molecule has 9 heteroatoms. The Morgan fingerprint density at radius 3 is 2.33 bits per heavy atom. The van der Waals surface area contributed by atoms with Crippen molar-refractivity contribution in [3.05, 3.63) is 54.1 Å². The van der Waals surface area contributed by atoms with Crippen molar-refractivity contribution < 1.29 is 23.9 Å². The second kappa shape index (κ2) is 11.5. The molecule has 1 aliphatic heterocycles. The first-order valence-electron chi connectivity index (χ1n) is 10.8. The zero-order valence-corrected chi connectivity index (χ0v) is 19.7. The van der Waals surface area contributed by atoms with Crippen LogP contribution in [-0.2, 0) is 14.3 Å². The van der Waals surface area contributed by atoms with Crippen molar-refractivity contribution in [1.29, 1.82) is 0 Å². The Kier molecular flexibility index (Phi) is 8.48. The van der Waals surface area contributed by atoms with E-state index in [0.29, 0.717) is 41.9 Å². The van der Waals surface area contributed by atoms with Crippen LogP contribution in [0.3, 0.4) is 0 Å². The number of benzene rings is 2. The van der Waals surface area contributed by atoms with Crippen LogP contribution in [0.25, 0.3) is 0 Å². The number of carbonyl (C=O) groups excluding carboxylic acids is 3. The van der Waals surface area contributed by atoms with Crippen LogP contribution in [0.1, 0.15) is 37.6 Å². The quantitative estimate of drug-likeness (QED) is 0.552. The third-order valence-corrected chi connectivity index (χ3v) is 5.93. The molecule has 1 fully saturated rings. The lowest BCUT2D eigenvalue weighted by molar-refractivity contribution is -0.128. The van der Waals surface area contributed by atoms with Crippen molar-refractivity contribution in [3.63, 3.8) is 0 Å². The number of carbonyl (C=O) groups is 3. The number of rotatable bonds is 9. The maximum absolute atomic E-state index is 12.8. The van der Waals surface area contributed by atoms with Crippen molar-refractivity contribution in [2.24, 2.45) is 4.99 Å². The van der Waals surface area contributed by atoms with Crippen LogP contribution in [0, 0.1) is 0 Å². The molecule has 33 heavy (non-hydrogen) atoms. The number of hydrogen-bond acceptors (Lipinski definition) is 7. The van der Waals surface area contributed by atoms with Gasteiger partial charge in [-0.25, -0.2) is 9.79 Å². The minimum Gasteiger partial charge on any atom is -0.494 e. The lowest BCUT2D eigenvalue weighted by atomic mass is 10.2. The van der Waals surface area contributed by atoms with Gasteiger partial charge in [-0.05, 0) is 69.3 Å². The van der Waals surface area contributed by atoms with Crippen LogP contribution < -0.4 is 10.1 Å². The van der Waals surface area contributed by atoms with Gasteiger partial charge in [0.05, 0.1) is 24.5 Å². The van der Waals surface area contributed by atoms with Crippen LogP contribution >= 0.6 is 11.8 Å². The van der Waals surface area contributed by atoms with E-state index in [1.165, 1.54) is 11.8 Å². The molecule has 2 aromatic carbocycles. The first-order valence-corrected chi connectivity index (χ1v) is 11.7. The van der Waals surface area contributed by atoms with Gasteiger partial charge in [0.15, 0.2) is 5.17 Å². The molecule has 174 valence electrons. The number of amidine groups is 1. The molecule has 8 nitrogen and oxygen atoms in total. The Morgan fingerprint density at radius 2 is 1.73 bits per heavy atom. The number of esters is 1. The van der Waals surface area contributed by atoms with Gasteiger partial charge in [-0.15, -0.1) is 0 Å². The number of aliphatic imine (C=N–C) groups is 1. The summed E-state index contributed by atoms with van der Waals surface area (Å²) in [6, 6.07) is 13.8. The predicted octanol–water partition coefficient (Wildman–Crippen LogP) is 4.24. The number of ether oxygens (including phenoxy) is 2. The van der Waals surface area contributed by atoms with Gasteiger partial charge in [0.25, 0.3) is 0 Å². The van der Waals surface area contributed by atoms with E-state index >= 15 is 0 Å². The zero-order chi connectivity index (χ0) is 23.8. The second-order valence-corrected chi connectivity index (χ2v) is 8.23. The number of hydrogen-bond donors (Lipinski definition) is 1. The summed E-state index contributed by atoms with van der Waals surface area (Å²) < 4.78 is 10.4. The molecule has 1 aliphatic rings. The Bertz CT molecular complexity index is 1020. The summed E-state index contributed by atoms with van der Waals surface area (Å²) in [4.78, 5) is 43.3. The molecular formula is C24H27N3O5S. The molecule has 0 spiro atoms. The first kappa shape index (κ1) is 24.3. The molecule has 0 radical (unpaired) electrons. The monoisotopic (exact) mass is 469 g/mol. The standard InChI is InChI=1S/C24H27N3O5S/c1-4-27-22(29)20(15-21(28)25-17-11-13-19(14-12-17)31-5-2)33-24(27)26-18-9-7-16(8-10-18)23(30)32-6-3/h7-14,20H,4-6,15H2,1-3H3,(H,25,28)/t20-/m1/s1. The lowest BCUT2D eigenvalue weighted by Crippen LogP contribution is -2.33. The minimum absolute atomic E-state index is 0.0357. The van der Waals surface area contributed by atoms with E-state index in [9.17, 15) is 14.4 Å². The number of thioether (sulfide) groups is 1. The smallest absolute Gasteiger partial charge is 0.338 e. The van der Waals surface area contributed by atoms with Gasteiger partial charge < -0.3 is 14.8 Å². The summed E-state index contributed by atoms with van der Waals surface area (Å²) in [5.41, 5.74) is 1.69. The Labute approximate surface area is 197 Å². The number of nitrogens with one attached hydrogen (secondary N) is 1. The summed E-state index contributed by atoms with van der Waals surface area (Å²) in [6.45, 7) is 6.84. The highest BCUT2D eigenvalue weighted by Gasteiger charge is 2.38. The number of amides is 2. The summed E-state index contributed by atoms with van der Waals surface area (Å²) in [7, 11) is 0. The largest absolute Gasteiger partial charge is 0.494 e. The third kappa shape index (κ3) is 6.35. The van der Waals surface area contributed by atoms with Gasteiger partial charge in [-0.1, -0.05) is 11.8 Å². The molecule has 1 saturated heterocycles. The normalized spacial score (nSPS) is 16.7. The topological polar surface area (TPSA) is 97.3 Å². The average Bonchev–Trinajstić information content (AvgIpc) is 3.09. The first-order chi connectivity index (χ1) is 15.9. The zero-order valence-electron chi connectivity index (χ0n) is 18.9. The summed E-state index contributed by atoms with van der Waals surface area (Å²) in [5, 5.41) is 2.80. The number of nitrogens with zero attached hydrogens (tertiary/aromatic N) is 2. The van der Waals surface area contributed by atoms with Gasteiger partial charge in [0.2, 0.25) is 11.8 Å². The van der Waals surface area contributed by atoms with Gasteiger partial charge in [0, 0.05) is 18.7 Å². The van der Waals surface area contributed by atoms with E-state index < -0.39 is 11.2 Å². The molecule has 2 aromatic rings. The molecular weight excluding hydrogens is 442 g/mol. The fourth-order valence-corrected chi connectivity index (χ4v) is 4.42. The van der Waals surface area contributed by atoms with E-state index in [1.807, 2.05) is 13.8 Å². The SMILES string of the molecule is CCOC(=O)c1ccc(N=C2S[C@H](CC(=O)Nc3ccc(OCC)cc3)C(=O)N2CC)cc1. The fourth-order valence-electron chi connectivity index (χ4n) is 3.19.